The number of amides is 1. The Morgan fingerprint density at radius 1 is 1.16 bits per heavy atom. The number of aryl methyl sites for hydroxylation is 1. The fourth-order valence-electron chi connectivity index (χ4n) is 3.70. The molecule has 1 aliphatic heterocycles. The van der Waals surface area contributed by atoms with E-state index in [1.165, 1.54) is 0 Å². The van der Waals surface area contributed by atoms with Gasteiger partial charge in [0.15, 0.2) is 5.82 Å². The molecule has 1 saturated heterocycles. The number of anilines is 1. The van der Waals surface area contributed by atoms with E-state index >= 15 is 0 Å². The number of nitrogens with one attached hydrogen (secondary N) is 1. The Labute approximate surface area is 185 Å². The van der Waals surface area contributed by atoms with Crippen LogP contribution in [0.5, 0.6) is 0 Å². The van der Waals surface area contributed by atoms with Crippen LogP contribution in [-0.2, 0) is 11.3 Å². The molecule has 1 aromatic carbocycles. The monoisotopic (exact) mass is 444 g/mol. The molecule has 4 rings (SSSR count). The van der Waals surface area contributed by atoms with E-state index in [2.05, 4.69) is 30.4 Å². The molecule has 0 saturated carbocycles. The highest BCUT2D eigenvalue weighted by atomic mass is 35.5. The second-order valence-corrected chi connectivity index (χ2v) is 8.00. The lowest BCUT2D eigenvalue weighted by molar-refractivity contribution is -0.122. The van der Waals surface area contributed by atoms with Gasteiger partial charge >= 0.3 is 0 Å². The number of aromatic nitrogens is 3. The summed E-state index contributed by atoms with van der Waals surface area (Å²) in [4.78, 5) is 21.6. The lowest BCUT2D eigenvalue weighted by Gasteiger charge is -2.37. The molecule has 9 nitrogen and oxygen atoms in total. The van der Waals surface area contributed by atoms with Crippen LogP contribution in [0.25, 0.3) is 11.4 Å². The zero-order chi connectivity index (χ0) is 21.8. The van der Waals surface area contributed by atoms with Crippen LogP contribution >= 0.6 is 11.6 Å². The summed E-state index contributed by atoms with van der Waals surface area (Å²) >= 11 is 5.93. The first-order valence-electron chi connectivity index (χ1n) is 10.3. The second-order valence-electron chi connectivity index (χ2n) is 7.57. The molecule has 2 aromatic heterocycles. The van der Waals surface area contributed by atoms with Crippen molar-refractivity contribution < 1.29 is 13.8 Å². The van der Waals surface area contributed by atoms with Crippen LogP contribution in [0.4, 0.5) is 5.82 Å². The van der Waals surface area contributed by atoms with Gasteiger partial charge < -0.3 is 14.4 Å². The van der Waals surface area contributed by atoms with Crippen LogP contribution in [0.15, 0.2) is 39.4 Å². The van der Waals surface area contributed by atoms with Gasteiger partial charge in [-0.2, -0.15) is 4.98 Å². The lowest BCUT2D eigenvalue weighted by Crippen LogP contribution is -2.53. The molecule has 0 aliphatic carbocycles. The number of benzene rings is 1. The van der Waals surface area contributed by atoms with Crippen LogP contribution in [0.1, 0.15) is 25.0 Å². The highest BCUT2D eigenvalue weighted by Crippen LogP contribution is 2.20. The Kier molecular flexibility index (Phi) is 6.64. The summed E-state index contributed by atoms with van der Waals surface area (Å²) in [6.45, 7) is 7.57. The number of hydrogen-bond donors (Lipinski definition) is 1. The van der Waals surface area contributed by atoms with Crippen molar-refractivity contribution in [2.75, 3.05) is 31.5 Å². The van der Waals surface area contributed by atoms with Gasteiger partial charge in [0.1, 0.15) is 5.76 Å². The van der Waals surface area contributed by atoms with Gasteiger partial charge in [-0.15, -0.1) is 0 Å². The molecule has 0 bridgehead atoms. The molecule has 31 heavy (non-hydrogen) atoms. The average molecular weight is 445 g/mol. The fraction of sp³-hybridized carbons (Fsp3) is 0.429. The number of hydrogen-bond acceptors (Lipinski definition) is 8. The third-order valence-corrected chi connectivity index (χ3v) is 5.60. The van der Waals surface area contributed by atoms with Gasteiger partial charge in [0.2, 0.25) is 17.6 Å². The van der Waals surface area contributed by atoms with E-state index in [-0.39, 0.29) is 11.9 Å². The first-order chi connectivity index (χ1) is 15.0. The van der Waals surface area contributed by atoms with Crippen molar-refractivity contribution in [2.24, 2.45) is 0 Å². The van der Waals surface area contributed by atoms with E-state index in [0.29, 0.717) is 34.9 Å². The van der Waals surface area contributed by atoms with Crippen LogP contribution < -0.4 is 5.32 Å². The molecule has 1 unspecified atom stereocenters. The quantitative estimate of drug-likeness (QED) is 0.592. The third kappa shape index (κ3) is 5.30. The summed E-state index contributed by atoms with van der Waals surface area (Å²) < 4.78 is 10.4. The molecular weight excluding hydrogens is 420 g/mol. The van der Waals surface area contributed by atoms with Crippen molar-refractivity contribution in [2.45, 2.75) is 32.9 Å². The van der Waals surface area contributed by atoms with Gasteiger partial charge in [0.05, 0.1) is 12.6 Å². The SMILES string of the molecule is CCC(C(=O)Nc1cc(C)on1)N1CCN(Cc2nc(-c3ccc(Cl)cc3)no2)CC1. The summed E-state index contributed by atoms with van der Waals surface area (Å²) in [7, 11) is 0. The molecule has 1 N–H and O–H groups in total. The summed E-state index contributed by atoms with van der Waals surface area (Å²) in [6.07, 6.45) is 0.719. The molecule has 1 amide bonds. The Morgan fingerprint density at radius 3 is 2.55 bits per heavy atom. The number of rotatable bonds is 7. The molecule has 10 heteroatoms. The van der Waals surface area contributed by atoms with Crippen LogP contribution in [0, 0.1) is 6.92 Å². The van der Waals surface area contributed by atoms with Gasteiger partial charge in [-0.1, -0.05) is 28.8 Å². The van der Waals surface area contributed by atoms with Crippen molar-refractivity contribution in [3.8, 4) is 11.4 Å². The number of carbonyl (C=O) groups is 1. The minimum atomic E-state index is -0.209. The minimum absolute atomic E-state index is 0.0613. The van der Waals surface area contributed by atoms with E-state index in [1.807, 2.05) is 19.1 Å². The fourth-order valence-corrected chi connectivity index (χ4v) is 3.83. The van der Waals surface area contributed by atoms with E-state index in [4.69, 9.17) is 20.6 Å². The third-order valence-electron chi connectivity index (χ3n) is 5.35. The molecule has 0 spiro atoms. The molecule has 1 aliphatic rings. The highest BCUT2D eigenvalue weighted by Gasteiger charge is 2.29. The lowest BCUT2D eigenvalue weighted by atomic mass is 10.1. The molecule has 164 valence electrons. The predicted octanol–water partition coefficient (Wildman–Crippen LogP) is 3.22. The smallest absolute Gasteiger partial charge is 0.242 e. The van der Waals surface area contributed by atoms with Gasteiger partial charge in [-0.25, -0.2) is 0 Å². The van der Waals surface area contributed by atoms with Gasteiger partial charge in [-0.3, -0.25) is 14.6 Å². The average Bonchev–Trinajstić information content (AvgIpc) is 3.39. The maximum absolute atomic E-state index is 12.7. The van der Waals surface area contributed by atoms with E-state index in [9.17, 15) is 4.79 Å². The maximum atomic E-state index is 12.7. The zero-order valence-electron chi connectivity index (χ0n) is 17.5. The standard InChI is InChI=1S/C21H25ClN6O3/c1-3-17(21(29)23-18-12-14(2)30-25-18)28-10-8-27(9-11-28)13-19-24-20(26-31-19)15-4-6-16(22)7-5-15/h4-7,12,17H,3,8-11,13H2,1-2H3,(H,23,25,29). The minimum Gasteiger partial charge on any atom is -0.360 e. The molecule has 0 radical (unpaired) electrons. The van der Waals surface area contributed by atoms with E-state index in [0.717, 1.165) is 38.2 Å². The largest absolute Gasteiger partial charge is 0.360 e. The summed E-state index contributed by atoms with van der Waals surface area (Å²) in [6, 6.07) is 8.84. The van der Waals surface area contributed by atoms with Crippen LogP contribution in [0.2, 0.25) is 5.02 Å². The van der Waals surface area contributed by atoms with Crippen molar-refractivity contribution in [3.63, 3.8) is 0 Å². The molecular formula is C21H25ClN6O3. The first-order valence-corrected chi connectivity index (χ1v) is 10.7. The van der Waals surface area contributed by atoms with Crippen molar-refractivity contribution >= 4 is 23.3 Å². The van der Waals surface area contributed by atoms with Gasteiger partial charge in [-0.05, 0) is 37.6 Å². The normalized spacial score (nSPS) is 16.4. The number of piperazine rings is 1. The Bertz CT molecular complexity index is 1010. The second kappa shape index (κ2) is 9.59. The molecule has 3 aromatic rings. The summed E-state index contributed by atoms with van der Waals surface area (Å²) in [5.74, 6) is 2.18. The van der Waals surface area contributed by atoms with Crippen LogP contribution in [-0.4, -0.2) is 63.2 Å². The Hall–Kier alpha value is -2.75. The topological polar surface area (TPSA) is 101 Å². The number of carbonyl (C=O) groups excluding carboxylic acids is 1. The van der Waals surface area contributed by atoms with Crippen molar-refractivity contribution in [1.29, 1.82) is 0 Å². The van der Waals surface area contributed by atoms with Crippen LogP contribution in [0.3, 0.4) is 0 Å². The highest BCUT2D eigenvalue weighted by molar-refractivity contribution is 6.30. The first kappa shape index (κ1) is 21.5. The molecule has 1 fully saturated rings. The zero-order valence-corrected chi connectivity index (χ0v) is 18.3. The van der Waals surface area contributed by atoms with Gasteiger partial charge in [0, 0.05) is 42.8 Å². The summed E-state index contributed by atoms with van der Waals surface area (Å²) in [5, 5.41) is 11.4. The van der Waals surface area contributed by atoms with Gasteiger partial charge in [0.25, 0.3) is 0 Å². The number of nitrogens with zero attached hydrogens (tertiary/aromatic N) is 5. The molecule has 3 heterocycles. The van der Waals surface area contributed by atoms with Crippen molar-refractivity contribution in [3.05, 3.63) is 47.0 Å². The van der Waals surface area contributed by atoms with Crippen molar-refractivity contribution in [1.82, 2.24) is 25.1 Å². The van der Waals surface area contributed by atoms with E-state index < -0.39 is 0 Å². The van der Waals surface area contributed by atoms with E-state index in [1.54, 1.807) is 25.1 Å². The molecule has 1 atom stereocenters. The predicted molar refractivity (Wildman–Crippen MR) is 116 cm³/mol. The summed E-state index contributed by atoms with van der Waals surface area (Å²) in [5.41, 5.74) is 0.864. The Morgan fingerprint density at radius 2 is 1.90 bits per heavy atom. The number of halogens is 1. The maximum Gasteiger partial charge on any atom is 0.242 e. The Balaban J connectivity index is 1.30.